The molecule has 0 bridgehead atoms. The number of hydrogen-bond acceptors (Lipinski definition) is 1. The fraction of sp³-hybridized carbons (Fsp3) is 0.0606. The van der Waals surface area contributed by atoms with Crippen LogP contribution in [-0.2, 0) is 0 Å². The zero-order valence-corrected chi connectivity index (χ0v) is 21.8. The van der Waals surface area contributed by atoms with E-state index >= 15 is 0 Å². The van der Waals surface area contributed by atoms with Gasteiger partial charge in [-0.25, -0.2) is 4.98 Å². The van der Waals surface area contributed by atoms with Crippen LogP contribution in [0.4, 0.5) is 0 Å². The van der Waals surface area contributed by atoms with Crippen LogP contribution in [-0.4, -0.2) is 22.0 Å². The van der Waals surface area contributed by atoms with Gasteiger partial charge in [0.15, 0.2) is 0 Å². The second kappa shape index (κ2) is 7.31. The number of hydrogen-bond donors (Lipinski definition) is 0. The summed E-state index contributed by atoms with van der Waals surface area (Å²) in [5.41, 5.74) is 9.62. The summed E-state index contributed by atoms with van der Waals surface area (Å²) in [6.45, 7) is 4.97. The lowest BCUT2D eigenvalue weighted by Crippen LogP contribution is -2.49. The summed E-state index contributed by atoms with van der Waals surface area (Å²) in [7, 11) is -1.73. The van der Waals surface area contributed by atoms with Crippen LogP contribution in [0.2, 0.25) is 13.1 Å². The molecule has 0 N–H and O–H groups in total. The zero-order valence-electron chi connectivity index (χ0n) is 20.8. The molecule has 1 aliphatic rings. The van der Waals surface area contributed by atoms with Gasteiger partial charge in [0.2, 0.25) is 0 Å². The number of fused-ring (bicyclic) bond motifs is 8. The van der Waals surface area contributed by atoms with Crippen LogP contribution in [0, 0.1) is 0 Å². The van der Waals surface area contributed by atoms with Gasteiger partial charge in [-0.15, -0.1) is 0 Å². The van der Waals surface area contributed by atoms with E-state index in [1.165, 1.54) is 38.6 Å². The molecule has 37 heavy (non-hydrogen) atoms. The largest absolute Gasteiger partial charge is 0.309 e. The van der Waals surface area contributed by atoms with E-state index in [1.807, 2.05) is 24.4 Å². The molecule has 0 spiro atoms. The molecule has 0 aliphatic carbocycles. The minimum absolute atomic E-state index is 0.963. The molecule has 0 saturated carbocycles. The van der Waals surface area contributed by atoms with Crippen molar-refractivity contribution >= 4 is 45.9 Å². The first kappa shape index (κ1) is 20.7. The first-order valence-electron chi connectivity index (χ1n) is 12.8. The Morgan fingerprint density at radius 2 is 1.46 bits per heavy atom. The molecule has 0 fully saturated rings. The minimum Gasteiger partial charge on any atom is -0.309 e. The van der Waals surface area contributed by atoms with Crippen molar-refractivity contribution in [1.82, 2.24) is 14.0 Å². The molecule has 0 unspecified atom stereocenters. The quantitative estimate of drug-likeness (QED) is 0.241. The van der Waals surface area contributed by atoms with Gasteiger partial charge < -0.3 is 8.97 Å². The molecule has 4 aromatic carbocycles. The van der Waals surface area contributed by atoms with Crippen LogP contribution in [0.3, 0.4) is 0 Å². The maximum atomic E-state index is 4.81. The van der Waals surface area contributed by atoms with Crippen LogP contribution >= 0.6 is 0 Å². The third-order valence-corrected chi connectivity index (χ3v) is 11.7. The lowest BCUT2D eigenvalue weighted by molar-refractivity contribution is 1.18. The molecular weight excluding hydrogens is 466 g/mol. The van der Waals surface area contributed by atoms with Crippen LogP contribution in [0.15, 0.2) is 116 Å². The van der Waals surface area contributed by atoms with E-state index < -0.39 is 8.07 Å². The fourth-order valence-electron chi connectivity index (χ4n) is 6.39. The highest BCUT2D eigenvalue weighted by molar-refractivity contribution is 7.04. The van der Waals surface area contributed by atoms with Crippen molar-refractivity contribution < 1.29 is 0 Å². The van der Waals surface area contributed by atoms with Crippen molar-refractivity contribution in [2.24, 2.45) is 0 Å². The van der Waals surface area contributed by atoms with Crippen molar-refractivity contribution in [1.29, 1.82) is 0 Å². The predicted octanol–water partition coefficient (Wildman–Crippen LogP) is 6.90. The van der Waals surface area contributed by atoms with Crippen molar-refractivity contribution in [3.05, 3.63) is 116 Å². The molecule has 4 heteroatoms. The summed E-state index contributed by atoms with van der Waals surface area (Å²) in [5, 5.41) is 5.79. The fourth-order valence-corrected chi connectivity index (χ4v) is 9.45. The van der Waals surface area contributed by atoms with Crippen molar-refractivity contribution in [2.45, 2.75) is 13.1 Å². The van der Waals surface area contributed by atoms with Crippen LogP contribution in [0.5, 0.6) is 0 Å². The number of nitrogens with zero attached hydrogens (tertiary/aromatic N) is 3. The first-order chi connectivity index (χ1) is 18.1. The lowest BCUT2D eigenvalue weighted by Gasteiger charge is -2.18. The van der Waals surface area contributed by atoms with Gasteiger partial charge in [0.1, 0.15) is 13.7 Å². The molecule has 0 radical (unpaired) electrons. The minimum atomic E-state index is -1.73. The summed E-state index contributed by atoms with van der Waals surface area (Å²) < 4.78 is 4.49. The Labute approximate surface area is 216 Å². The number of imidazole rings is 1. The molecule has 0 saturated heterocycles. The lowest BCUT2D eigenvalue weighted by atomic mass is 9.99. The molecule has 4 heterocycles. The number of rotatable bonds is 2. The summed E-state index contributed by atoms with van der Waals surface area (Å²) in [6.07, 6.45) is 4.14. The van der Waals surface area contributed by atoms with Crippen LogP contribution in [0.25, 0.3) is 55.5 Å². The standard InChI is InChI=1S/C33H25N3Si/c1-37(2)29-12-6-4-10-25(29)33-30(37)19-18-28-32(33)24-9-3-5-11-27(24)36(28)23-16-14-22(15-17-23)26-21-35-20-8-7-13-31(35)34-26/h3-21H,1-2H3. The van der Waals surface area contributed by atoms with Crippen molar-refractivity contribution in [3.63, 3.8) is 0 Å². The van der Waals surface area contributed by atoms with Crippen molar-refractivity contribution in [2.75, 3.05) is 0 Å². The smallest absolute Gasteiger partial charge is 0.137 e. The Balaban J connectivity index is 1.37. The summed E-state index contributed by atoms with van der Waals surface area (Å²) in [6, 6.07) is 37.6. The predicted molar refractivity (Wildman–Crippen MR) is 157 cm³/mol. The van der Waals surface area contributed by atoms with Gasteiger partial charge in [-0.05, 0) is 57.9 Å². The highest BCUT2D eigenvalue weighted by atomic mass is 28.3. The summed E-state index contributed by atoms with van der Waals surface area (Å²) in [4.78, 5) is 4.81. The van der Waals surface area contributed by atoms with Crippen molar-refractivity contribution in [3.8, 4) is 28.1 Å². The van der Waals surface area contributed by atoms with Gasteiger partial charge >= 0.3 is 0 Å². The average Bonchev–Trinajstić information content (AvgIpc) is 3.58. The topological polar surface area (TPSA) is 22.2 Å². The Kier molecular flexibility index (Phi) is 4.10. The average molecular weight is 492 g/mol. The number of benzene rings is 4. The van der Waals surface area contributed by atoms with Gasteiger partial charge in [-0.2, -0.15) is 0 Å². The maximum absolute atomic E-state index is 4.81. The molecule has 0 amide bonds. The molecular formula is C33H25N3Si. The highest BCUT2D eigenvalue weighted by Gasteiger charge is 2.38. The normalized spacial score (nSPS) is 13.9. The monoisotopic (exact) mass is 491 g/mol. The maximum Gasteiger partial charge on any atom is 0.137 e. The SMILES string of the molecule is C[Si]1(C)c2ccccc2-c2c1ccc1c2c2ccccc2n1-c1ccc(-c2cn3ccccc3n2)cc1. The Hall–Kier alpha value is -4.41. The van der Waals surface area contributed by atoms with Gasteiger partial charge in [-0.3, -0.25) is 0 Å². The Bertz CT molecular complexity index is 1970. The summed E-state index contributed by atoms with van der Waals surface area (Å²) in [5.74, 6) is 0. The number of para-hydroxylation sites is 1. The molecule has 8 rings (SSSR count). The third-order valence-electron chi connectivity index (χ3n) is 8.17. The van der Waals surface area contributed by atoms with E-state index in [0.717, 1.165) is 16.9 Å². The van der Waals surface area contributed by atoms with E-state index in [1.54, 1.807) is 10.4 Å². The van der Waals surface area contributed by atoms with Gasteiger partial charge in [-0.1, -0.05) is 79.8 Å². The third kappa shape index (κ3) is 2.79. The molecule has 3 aromatic heterocycles. The van der Waals surface area contributed by atoms with Crippen LogP contribution in [0.1, 0.15) is 0 Å². The Morgan fingerprint density at radius 1 is 0.676 bits per heavy atom. The van der Waals surface area contributed by atoms with E-state index in [4.69, 9.17) is 4.98 Å². The van der Waals surface area contributed by atoms with Gasteiger partial charge in [0.25, 0.3) is 0 Å². The molecule has 176 valence electrons. The van der Waals surface area contributed by atoms with Gasteiger partial charge in [0, 0.05) is 34.4 Å². The van der Waals surface area contributed by atoms with E-state index in [9.17, 15) is 0 Å². The van der Waals surface area contributed by atoms with E-state index in [-0.39, 0.29) is 0 Å². The Morgan fingerprint density at radius 3 is 2.32 bits per heavy atom. The molecule has 3 nitrogen and oxygen atoms in total. The van der Waals surface area contributed by atoms with E-state index in [0.29, 0.717) is 0 Å². The van der Waals surface area contributed by atoms with Crippen LogP contribution < -0.4 is 10.4 Å². The second-order valence-corrected chi connectivity index (χ2v) is 14.9. The number of pyridine rings is 1. The second-order valence-electron chi connectivity index (χ2n) is 10.5. The molecule has 1 aliphatic heterocycles. The zero-order chi connectivity index (χ0) is 24.7. The summed E-state index contributed by atoms with van der Waals surface area (Å²) >= 11 is 0. The highest BCUT2D eigenvalue weighted by Crippen LogP contribution is 2.41. The molecule has 0 atom stereocenters. The number of aromatic nitrogens is 3. The van der Waals surface area contributed by atoms with Gasteiger partial charge in [0.05, 0.1) is 16.7 Å². The molecule has 7 aromatic rings. The van der Waals surface area contributed by atoms with E-state index in [2.05, 4.69) is 113 Å². The first-order valence-corrected chi connectivity index (χ1v) is 15.8.